The van der Waals surface area contributed by atoms with E-state index in [0.717, 1.165) is 15.9 Å². The van der Waals surface area contributed by atoms with Gasteiger partial charge in [0.05, 0.1) is 10.0 Å². The van der Waals surface area contributed by atoms with Gasteiger partial charge in [0.15, 0.2) is 0 Å². The molecule has 2 aromatic rings. The number of benzene rings is 2. The normalized spacial score (nSPS) is 14.3. The van der Waals surface area contributed by atoms with Crippen molar-refractivity contribution in [1.82, 2.24) is 9.80 Å². The quantitative estimate of drug-likeness (QED) is 0.303. The second-order valence-corrected chi connectivity index (χ2v) is 6.98. The zero-order chi connectivity index (χ0) is 21.3. The molecule has 0 spiro atoms. The maximum atomic E-state index is 13.7. The molecular weight excluding hydrogens is 447 g/mol. The minimum absolute atomic E-state index is 0.131. The SMILES string of the molecule is CN1C(=O)C(=Cc2ccc(OC(=O)c3ccccc3F)c(Br)c2)C(=O)N(C)C1=O. The van der Waals surface area contributed by atoms with Crippen LogP contribution in [0.15, 0.2) is 52.5 Å². The first-order valence-corrected chi connectivity index (χ1v) is 9.08. The molecule has 3 rings (SSSR count). The summed E-state index contributed by atoms with van der Waals surface area (Å²) >= 11 is 3.25. The molecule has 0 aromatic heterocycles. The van der Waals surface area contributed by atoms with Gasteiger partial charge in [-0.3, -0.25) is 19.4 Å². The lowest BCUT2D eigenvalue weighted by atomic mass is 10.1. The number of imide groups is 2. The number of nitrogens with zero attached hydrogens (tertiary/aromatic N) is 2. The van der Waals surface area contributed by atoms with Crippen molar-refractivity contribution in [1.29, 1.82) is 0 Å². The van der Waals surface area contributed by atoms with Crippen LogP contribution in [0, 0.1) is 5.82 Å². The van der Waals surface area contributed by atoms with Crippen molar-refractivity contribution >= 4 is 45.8 Å². The summed E-state index contributed by atoms with van der Waals surface area (Å²) in [7, 11) is 2.56. The molecule has 7 nitrogen and oxygen atoms in total. The molecule has 0 unspecified atom stereocenters. The largest absolute Gasteiger partial charge is 0.422 e. The summed E-state index contributed by atoms with van der Waals surface area (Å²) in [6.07, 6.45) is 1.33. The Bertz CT molecular complexity index is 1060. The summed E-state index contributed by atoms with van der Waals surface area (Å²) in [5.41, 5.74) is 0.0627. The van der Waals surface area contributed by atoms with Gasteiger partial charge in [0, 0.05) is 14.1 Å². The van der Waals surface area contributed by atoms with E-state index in [1.165, 1.54) is 56.6 Å². The number of carbonyl (C=O) groups excluding carboxylic acids is 4. The lowest BCUT2D eigenvalue weighted by Gasteiger charge is -2.28. The Labute approximate surface area is 173 Å². The van der Waals surface area contributed by atoms with Crippen LogP contribution >= 0.6 is 15.9 Å². The molecule has 0 N–H and O–H groups in total. The number of hydrogen-bond donors (Lipinski definition) is 0. The van der Waals surface area contributed by atoms with Crippen molar-refractivity contribution in [2.45, 2.75) is 0 Å². The van der Waals surface area contributed by atoms with Gasteiger partial charge in [-0.1, -0.05) is 18.2 Å². The average molecular weight is 461 g/mol. The van der Waals surface area contributed by atoms with Gasteiger partial charge in [0.25, 0.3) is 11.8 Å². The maximum Gasteiger partial charge on any atom is 0.346 e. The number of halogens is 2. The van der Waals surface area contributed by atoms with E-state index in [0.29, 0.717) is 10.0 Å². The van der Waals surface area contributed by atoms with Gasteiger partial charge in [0.1, 0.15) is 17.1 Å². The van der Waals surface area contributed by atoms with E-state index in [4.69, 9.17) is 4.74 Å². The Hall–Kier alpha value is -3.33. The molecule has 29 heavy (non-hydrogen) atoms. The van der Waals surface area contributed by atoms with E-state index in [-0.39, 0.29) is 16.9 Å². The number of urea groups is 1. The monoisotopic (exact) mass is 460 g/mol. The van der Waals surface area contributed by atoms with Crippen LogP contribution in [0.4, 0.5) is 9.18 Å². The molecule has 4 amide bonds. The molecule has 0 atom stereocenters. The van der Waals surface area contributed by atoms with E-state index in [9.17, 15) is 23.6 Å². The number of likely N-dealkylation sites (N-methyl/N-ethyl adjacent to an activating group) is 2. The van der Waals surface area contributed by atoms with Crippen LogP contribution in [0.5, 0.6) is 5.75 Å². The molecule has 9 heteroatoms. The van der Waals surface area contributed by atoms with Crippen molar-refractivity contribution in [2.75, 3.05) is 14.1 Å². The highest BCUT2D eigenvalue weighted by Crippen LogP contribution is 2.29. The minimum Gasteiger partial charge on any atom is -0.422 e. The minimum atomic E-state index is -0.866. The summed E-state index contributed by atoms with van der Waals surface area (Å²) in [4.78, 5) is 50.1. The second kappa shape index (κ2) is 7.96. The molecule has 2 aromatic carbocycles. The predicted octanol–water partition coefficient (Wildman–Crippen LogP) is 3.24. The third-order valence-electron chi connectivity index (χ3n) is 4.21. The maximum absolute atomic E-state index is 13.7. The van der Waals surface area contributed by atoms with Gasteiger partial charge in [-0.05, 0) is 51.8 Å². The number of esters is 1. The van der Waals surface area contributed by atoms with Crippen molar-refractivity contribution < 1.29 is 28.3 Å². The van der Waals surface area contributed by atoms with Crippen LogP contribution in [0.1, 0.15) is 15.9 Å². The van der Waals surface area contributed by atoms with Crippen LogP contribution in [-0.2, 0) is 9.59 Å². The Morgan fingerprint density at radius 1 is 1.03 bits per heavy atom. The van der Waals surface area contributed by atoms with Gasteiger partial charge in [-0.2, -0.15) is 0 Å². The van der Waals surface area contributed by atoms with Gasteiger partial charge in [-0.25, -0.2) is 14.0 Å². The summed E-state index contributed by atoms with van der Waals surface area (Å²) in [5.74, 6) is -2.87. The number of hydrogen-bond acceptors (Lipinski definition) is 5. The Balaban J connectivity index is 1.86. The first-order valence-electron chi connectivity index (χ1n) is 8.28. The van der Waals surface area contributed by atoms with Crippen LogP contribution in [-0.4, -0.2) is 47.7 Å². The van der Waals surface area contributed by atoms with Gasteiger partial charge in [-0.15, -0.1) is 0 Å². The first kappa shape index (κ1) is 20.4. The molecule has 1 heterocycles. The number of carbonyl (C=O) groups is 4. The fourth-order valence-electron chi connectivity index (χ4n) is 2.61. The highest BCUT2D eigenvalue weighted by Gasteiger charge is 2.37. The molecule has 1 fully saturated rings. The van der Waals surface area contributed by atoms with E-state index >= 15 is 0 Å². The summed E-state index contributed by atoms with van der Waals surface area (Å²) in [6, 6.07) is 9.19. The highest BCUT2D eigenvalue weighted by atomic mass is 79.9. The summed E-state index contributed by atoms with van der Waals surface area (Å²) in [5, 5.41) is 0. The third kappa shape index (κ3) is 3.95. The van der Waals surface area contributed by atoms with E-state index in [1.807, 2.05) is 0 Å². The topological polar surface area (TPSA) is 84.0 Å². The van der Waals surface area contributed by atoms with E-state index < -0.39 is 29.6 Å². The Morgan fingerprint density at radius 3 is 2.24 bits per heavy atom. The Morgan fingerprint density at radius 2 is 1.66 bits per heavy atom. The van der Waals surface area contributed by atoms with E-state index in [2.05, 4.69) is 15.9 Å². The number of rotatable bonds is 3. The fraction of sp³-hybridized carbons (Fsp3) is 0.100. The van der Waals surface area contributed by atoms with Gasteiger partial charge in [0.2, 0.25) is 0 Å². The second-order valence-electron chi connectivity index (χ2n) is 6.13. The van der Waals surface area contributed by atoms with Gasteiger partial charge < -0.3 is 4.74 Å². The average Bonchev–Trinajstić information content (AvgIpc) is 2.70. The van der Waals surface area contributed by atoms with E-state index in [1.54, 1.807) is 0 Å². The van der Waals surface area contributed by atoms with Crippen LogP contribution in [0.2, 0.25) is 0 Å². The lowest BCUT2D eigenvalue weighted by Crippen LogP contribution is -2.52. The van der Waals surface area contributed by atoms with Crippen LogP contribution in [0.25, 0.3) is 6.08 Å². The van der Waals surface area contributed by atoms with Crippen molar-refractivity contribution in [3.63, 3.8) is 0 Å². The van der Waals surface area contributed by atoms with Crippen molar-refractivity contribution in [3.8, 4) is 5.75 Å². The number of amides is 4. The standard InChI is InChI=1S/C20H14BrFN2O5/c1-23-17(25)13(18(26)24(2)20(23)28)9-11-7-8-16(14(21)10-11)29-19(27)12-5-3-4-6-15(12)22/h3-10H,1-2H3. The Kier molecular flexibility index (Phi) is 5.60. The molecule has 0 radical (unpaired) electrons. The predicted molar refractivity (Wildman–Crippen MR) is 104 cm³/mol. The molecule has 148 valence electrons. The van der Waals surface area contributed by atoms with Crippen LogP contribution < -0.4 is 4.74 Å². The summed E-state index contributed by atoms with van der Waals surface area (Å²) < 4.78 is 19.3. The van der Waals surface area contributed by atoms with Crippen molar-refractivity contribution in [2.24, 2.45) is 0 Å². The molecule has 0 aliphatic carbocycles. The molecule has 1 aliphatic heterocycles. The number of barbiturate groups is 1. The third-order valence-corrected chi connectivity index (χ3v) is 4.83. The zero-order valence-corrected chi connectivity index (χ0v) is 16.9. The number of ether oxygens (including phenoxy) is 1. The molecule has 0 saturated carbocycles. The lowest BCUT2D eigenvalue weighted by molar-refractivity contribution is -0.134. The fourth-order valence-corrected chi connectivity index (χ4v) is 3.09. The van der Waals surface area contributed by atoms with Gasteiger partial charge >= 0.3 is 12.0 Å². The highest BCUT2D eigenvalue weighted by molar-refractivity contribution is 9.10. The molecular formula is C20H14BrFN2O5. The van der Waals surface area contributed by atoms with Crippen molar-refractivity contribution in [3.05, 3.63) is 69.5 Å². The smallest absolute Gasteiger partial charge is 0.346 e. The van der Waals surface area contributed by atoms with Crippen LogP contribution in [0.3, 0.4) is 0 Å². The molecule has 1 saturated heterocycles. The molecule has 1 aliphatic rings. The first-order chi connectivity index (χ1) is 13.7. The summed E-state index contributed by atoms with van der Waals surface area (Å²) in [6.45, 7) is 0. The molecule has 0 bridgehead atoms. The zero-order valence-electron chi connectivity index (χ0n) is 15.3.